The summed E-state index contributed by atoms with van der Waals surface area (Å²) in [5, 5.41) is 7.95. The Bertz CT molecular complexity index is 1030. The molecule has 8 heteroatoms. The number of carbonyl (C=O) groups is 2. The Morgan fingerprint density at radius 1 is 1.15 bits per heavy atom. The zero-order chi connectivity index (χ0) is 23.6. The summed E-state index contributed by atoms with van der Waals surface area (Å²) >= 11 is 0. The van der Waals surface area contributed by atoms with Crippen molar-refractivity contribution < 1.29 is 19.1 Å². The third-order valence-electron chi connectivity index (χ3n) is 6.85. The van der Waals surface area contributed by atoms with Gasteiger partial charge in [0.05, 0.1) is 26.5 Å². The molecule has 1 aliphatic heterocycles. The Balaban J connectivity index is 1.66. The maximum Gasteiger partial charge on any atom is 0.273 e. The number of nitrogens with one attached hydrogen (secondary N) is 1. The third kappa shape index (κ3) is 4.30. The second-order valence-corrected chi connectivity index (χ2v) is 9.18. The van der Waals surface area contributed by atoms with Gasteiger partial charge >= 0.3 is 0 Å². The van der Waals surface area contributed by atoms with Crippen LogP contribution in [0.4, 0.5) is 0 Å². The lowest BCUT2D eigenvalue weighted by Crippen LogP contribution is -2.65. The van der Waals surface area contributed by atoms with Gasteiger partial charge in [0, 0.05) is 18.2 Å². The molecule has 2 aliphatic rings. The molecule has 1 atom stereocenters. The van der Waals surface area contributed by atoms with Crippen LogP contribution in [0, 0.1) is 0 Å². The van der Waals surface area contributed by atoms with Crippen molar-refractivity contribution in [3.05, 3.63) is 30.0 Å². The first-order valence-electron chi connectivity index (χ1n) is 11.8. The van der Waals surface area contributed by atoms with Crippen LogP contribution in [0.25, 0.3) is 11.3 Å². The fourth-order valence-corrected chi connectivity index (χ4v) is 4.94. The lowest BCUT2D eigenvalue weighted by atomic mass is 9.91. The van der Waals surface area contributed by atoms with Gasteiger partial charge in [-0.2, -0.15) is 5.10 Å². The summed E-state index contributed by atoms with van der Waals surface area (Å²) in [6, 6.07) is 7.53. The molecular formula is C25H34N4O4. The molecule has 0 spiro atoms. The van der Waals surface area contributed by atoms with Crippen molar-refractivity contribution >= 4 is 11.8 Å². The normalized spacial score (nSPS) is 21.0. The molecule has 0 bridgehead atoms. The number of ether oxygens (including phenoxy) is 2. The van der Waals surface area contributed by atoms with E-state index in [4.69, 9.17) is 14.6 Å². The van der Waals surface area contributed by atoms with Crippen LogP contribution >= 0.6 is 0 Å². The number of fused-ring (bicyclic) bond motifs is 1. The molecule has 0 unspecified atom stereocenters. The second kappa shape index (κ2) is 9.45. The van der Waals surface area contributed by atoms with Gasteiger partial charge in [-0.3, -0.25) is 14.3 Å². The van der Waals surface area contributed by atoms with Crippen LogP contribution in [0.1, 0.15) is 62.9 Å². The van der Waals surface area contributed by atoms with Crippen molar-refractivity contribution in [1.82, 2.24) is 20.0 Å². The second-order valence-electron chi connectivity index (χ2n) is 9.18. The van der Waals surface area contributed by atoms with Crippen molar-refractivity contribution in [2.75, 3.05) is 20.8 Å². The summed E-state index contributed by atoms with van der Waals surface area (Å²) in [5.41, 5.74) is 0.986. The molecular weight excluding hydrogens is 420 g/mol. The molecule has 0 radical (unpaired) electrons. The molecule has 1 saturated carbocycles. The Kier molecular flexibility index (Phi) is 6.63. The molecule has 33 heavy (non-hydrogen) atoms. The Morgan fingerprint density at radius 3 is 2.55 bits per heavy atom. The van der Waals surface area contributed by atoms with E-state index in [-0.39, 0.29) is 17.9 Å². The maximum atomic E-state index is 13.5. The SMILES string of the molecule is CCCN1C(=O)c2cc(-c3ccc(OC)c(OC)c3)nn2C[C@]1(C)C(=O)NC1CCCCC1. The summed E-state index contributed by atoms with van der Waals surface area (Å²) in [5.74, 6) is 0.965. The van der Waals surface area contributed by atoms with Gasteiger partial charge in [-0.15, -0.1) is 0 Å². The summed E-state index contributed by atoms with van der Waals surface area (Å²) < 4.78 is 12.4. The van der Waals surface area contributed by atoms with E-state index in [0.717, 1.165) is 37.7 Å². The maximum absolute atomic E-state index is 13.5. The standard InChI is InChI=1S/C25H34N4O4/c1-5-13-28-23(30)20-15-19(17-11-12-21(32-3)22(14-17)33-4)27-29(20)16-25(28,2)24(31)26-18-9-7-6-8-10-18/h11-12,14-15,18H,5-10,13,16H2,1-4H3,(H,26,31)/t25-/m1/s1. The predicted octanol–water partition coefficient (Wildman–Crippen LogP) is 3.64. The number of amides is 2. The summed E-state index contributed by atoms with van der Waals surface area (Å²) in [4.78, 5) is 28.7. The third-order valence-corrected chi connectivity index (χ3v) is 6.85. The van der Waals surface area contributed by atoms with Gasteiger partial charge in [0.1, 0.15) is 11.2 Å². The Labute approximate surface area is 195 Å². The minimum absolute atomic E-state index is 0.0926. The first kappa shape index (κ1) is 23.1. The van der Waals surface area contributed by atoms with Crippen LogP contribution in [0.15, 0.2) is 24.3 Å². The van der Waals surface area contributed by atoms with Crippen LogP contribution in [0.5, 0.6) is 11.5 Å². The number of aromatic nitrogens is 2. The highest BCUT2D eigenvalue weighted by Crippen LogP contribution is 2.34. The highest BCUT2D eigenvalue weighted by Gasteiger charge is 2.48. The van der Waals surface area contributed by atoms with Crippen molar-refractivity contribution in [3.8, 4) is 22.8 Å². The van der Waals surface area contributed by atoms with Crippen molar-refractivity contribution in [3.63, 3.8) is 0 Å². The molecule has 2 amide bonds. The molecule has 4 rings (SSSR count). The molecule has 1 N–H and O–H groups in total. The Morgan fingerprint density at radius 2 is 1.88 bits per heavy atom. The fraction of sp³-hybridized carbons (Fsp3) is 0.560. The zero-order valence-electron chi connectivity index (χ0n) is 20.0. The van der Waals surface area contributed by atoms with E-state index >= 15 is 0 Å². The van der Waals surface area contributed by atoms with Crippen LogP contribution < -0.4 is 14.8 Å². The molecule has 1 fully saturated rings. The van der Waals surface area contributed by atoms with Crippen molar-refractivity contribution in [2.24, 2.45) is 0 Å². The van der Waals surface area contributed by atoms with Gasteiger partial charge in [-0.05, 0) is 50.5 Å². The lowest BCUT2D eigenvalue weighted by molar-refractivity contribution is -0.134. The quantitative estimate of drug-likeness (QED) is 0.690. The van der Waals surface area contributed by atoms with Gasteiger partial charge in [-0.25, -0.2) is 0 Å². The molecule has 178 valence electrons. The molecule has 0 saturated heterocycles. The van der Waals surface area contributed by atoms with E-state index < -0.39 is 5.54 Å². The molecule has 2 aromatic rings. The minimum Gasteiger partial charge on any atom is -0.493 e. The van der Waals surface area contributed by atoms with E-state index in [1.54, 1.807) is 29.9 Å². The van der Waals surface area contributed by atoms with E-state index in [0.29, 0.717) is 36.0 Å². The predicted molar refractivity (Wildman–Crippen MR) is 126 cm³/mol. The van der Waals surface area contributed by atoms with Gasteiger partial charge in [0.15, 0.2) is 11.5 Å². The summed E-state index contributed by atoms with van der Waals surface area (Å²) in [7, 11) is 3.18. The topological polar surface area (TPSA) is 85.7 Å². The van der Waals surface area contributed by atoms with Crippen LogP contribution in [-0.4, -0.2) is 58.8 Å². The number of hydrogen-bond acceptors (Lipinski definition) is 5. The van der Waals surface area contributed by atoms with Gasteiger partial charge < -0.3 is 19.7 Å². The van der Waals surface area contributed by atoms with Crippen LogP contribution in [-0.2, 0) is 11.3 Å². The van der Waals surface area contributed by atoms with Crippen molar-refractivity contribution in [1.29, 1.82) is 0 Å². The molecule has 2 heterocycles. The van der Waals surface area contributed by atoms with E-state index in [9.17, 15) is 9.59 Å². The average Bonchev–Trinajstić information content (AvgIpc) is 3.25. The van der Waals surface area contributed by atoms with Gasteiger partial charge in [0.25, 0.3) is 5.91 Å². The van der Waals surface area contributed by atoms with Crippen molar-refractivity contribution in [2.45, 2.75) is 70.5 Å². The highest BCUT2D eigenvalue weighted by atomic mass is 16.5. The highest BCUT2D eigenvalue weighted by molar-refractivity contribution is 6.00. The summed E-state index contributed by atoms with van der Waals surface area (Å²) in [6.45, 7) is 4.72. The number of methoxy groups -OCH3 is 2. The lowest BCUT2D eigenvalue weighted by Gasteiger charge is -2.44. The number of rotatable bonds is 7. The smallest absolute Gasteiger partial charge is 0.273 e. The van der Waals surface area contributed by atoms with E-state index in [1.165, 1.54) is 6.42 Å². The fourth-order valence-electron chi connectivity index (χ4n) is 4.94. The molecule has 1 aromatic heterocycles. The number of benzene rings is 1. The number of carbonyl (C=O) groups excluding carboxylic acids is 2. The molecule has 8 nitrogen and oxygen atoms in total. The van der Waals surface area contributed by atoms with Gasteiger partial charge in [-0.1, -0.05) is 26.2 Å². The first-order chi connectivity index (χ1) is 15.9. The number of nitrogens with zero attached hydrogens (tertiary/aromatic N) is 3. The number of hydrogen-bond donors (Lipinski definition) is 1. The van der Waals surface area contributed by atoms with Crippen LogP contribution in [0.3, 0.4) is 0 Å². The average molecular weight is 455 g/mol. The molecule has 1 aliphatic carbocycles. The first-order valence-corrected chi connectivity index (χ1v) is 11.8. The zero-order valence-corrected chi connectivity index (χ0v) is 20.0. The van der Waals surface area contributed by atoms with E-state index in [1.807, 2.05) is 32.0 Å². The Hall–Kier alpha value is -3.03. The van der Waals surface area contributed by atoms with E-state index in [2.05, 4.69) is 5.32 Å². The van der Waals surface area contributed by atoms with Gasteiger partial charge in [0.2, 0.25) is 5.91 Å². The summed E-state index contributed by atoms with van der Waals surface area (Å²) in [6.07, 6.45) is 6.27. The van der Waals surface area contributed by atoms with Crippen LogP contribution in [0.2, 0.25) is 0 Å². The monoisotopic (exact) mass is 454 g/mol. The molecule has 1 aromatic carbocycles. The largest absolute Gasteiger partial charge is 0.493 e. The minimum atomic E-state index is -0.988.